The molecule has 2 aliphatic rings. The predicted molar refractivity (Wildman–Crippen MR) is 95.2 cm³/mol. The Morgan fingerprint density at radius 1 is 1.29 bits per heavy atom. The van der Waals surface area contributed by atoms with Crippen LogP contribution in [0.3, 0.4) is 0 Å². The first-order valence-corrected chi connectivity index (χ1v) is 10.1. The molecule has 132 valence electrons. The molecule has 0 bridgehead atoms. The van der Waals surface area contributed by atoms with Crippen LogP contribution in [0.5, 0.6) is 0 Å². The summed E-state index contributed by atoms with van der Waals surface area (Å²) in [5, 5.41) is 18.6. The highest BCUT2D eigenvalue weighted by molar-refractivity contribution is 7.99. The molecule has 0 N–H and O–H groups in total. The smallest absolute Gasteiger partial charge is 0.228 e. The second-order valence-electron chi connectivity index (χ2n) is 6.81. The van der Waals surface area contributed by atoms with Gasteiger partial charge in [0.15, 0.2) is 5.16 Å². The number of nitriles is 1. The Morgan fingerprint density at radius 3 is 2.83 bits per heavy atom. The van der Waals surface area contributed by atoms with Crippen LogP contribution in [0, 0.1) is 17.2 Å². The number of hydrogen-bond acceptors (Lipinski definition) is 6. The first-order chi connectivity index (χ1) is 11.8. The summed E-state index contributed by atoms with van der Waals surface area (Å²) in [6, 6.07) is 2.20. The molecule has 0 unspecified atom stereocenters. The highest BCUT2D eigenvalue weighted by Crippen LogP contribution is 2.28. The molecule has 0 spiro atoms. The van der Waals surface area contributed by atoms with E-state index in [0.29, 0.717) is 6.42 Å². The highest BCUT2D eigenvalue weighted by atomic mass is 32.2. The SMILES string of the molecule is CC1CCN(c2nnc(SCCCC#N)n2C[C@H]2CCCO2)CC1. The summed E-state index contributed by atoms with van der Waals surface area (Å²) in [6.45, 7) is 6.15. The normalized spacial score (nSPS) is 22.0. The Labute approximate surface area is 148 Å². The molecule has 7 heteroatoms. The quantitative estimate of drug-likeness (QED) is 0.557. The van der Waals surface area contributed by atoms with Gasteiger partial charge in [-0.3, -0.25) is 4.57 Å². The molecular formula is C17H27N5OS. The van der Waals surface area contributed by atoms with E-state index < -0.39 is 0 Å². The largest absolute Gasteiger partial charge is 0.376 e. The van der Waals surface area contributed by atoms with Crippen molar-refractivity contribution in [2.75, 3.05) is 30.3 Å². The zero-order chi connectivity index (χ0) is 16.8. The summed E-state index contributed by atoms with van der Waals surface area (Å²) in [5.74, 6) is 2.71. The van der Waals surface area contributed by atoms with Crippen LogP contribution in [-0.2, 0) is 11.3 Å². The molecule has 2 fully saturated rings. The number of piperidine rings is 1. The second kappa shape index (κ2) is 8.72. The molecule has 6 nitrogen and oxygen atoms in total. The Morgan fingerprint density at radius 2 is 2.12 bits per heavy atom. The first-order valence-electron chi connectivity index (χ1n) is 9.07. The van der Waals surface area contributed by atoms with Gasteiger partial charge in [0.1, 0.15) is 0 Å². The molecular weight excluding hydrogens is 322 g/mol. The minimum atomic E-state index is 0.280. The van der Waals surface area contributed by atoms with Crippen LogP contribution in [-0.4, -0.2) is 46.3 Å². The van der Waals surface area contributed by atoms with Crippen LogP contribution >= 0.6 is 11.8 Å². The lowest BCUT2D eigenvalue weighted by Crippen LogP contribution is -2.35. The molecule has 0 amide bonds. The van der Waals surface area contributed by atoms with E-state index in [1.807, 2.05) is 0 Å². The van der Waals surface area contributed by atoms with Crippen LogP contribution in [0.15, 0.2) is 5.16 Å². The van der Waals surface area contributed by atoms with Gasteiger partial charge < -0.3 is 9.64 Å². The zero-order valence-corrected chi connectivity index (χ0v) is 15.3. The minimum absolute atomic E-state index is 0.280. The molecule has 2 saturated heterocycles. The van der Waals surface area contributed by atoms with E-state index in [4.69, 9.17) is 10.00 Å². The van der Waals surface area contributed by atoms with Gasteiger partial charge in [0.05, 0.1) is 18.7 Å². The van der Waals surface area contributed by atoms with E-state index in [0.717, 1.165) is 68.3 Å². The Kier molecular flexibility index (Phi) is 6.38. The maximum Gasteiger partial charge on any atom is 0.228 e. The van der Waals surface area contributed by atoms with E-state index in [2.05, 4.69) is 32.7 Å². The van der Waals surface area contributed by atoms with Crippen molar-refractivity contribution in [3.8, 4) is 6.07 Å². The fraction of sp³-hybridized carbons (Fsp3) is 0.824. The van der Waals surface area contributed by atoms with Crippen LogP contribution in [0.25, 0.3) is 0 Å². The van der Waals surface area contributed by atoms with Crippen LogP contribution in [0.2, 0.25) is 0 Å². The standard InChI is InChI=1S/C17H27N5OS/c1-14-6-9-21(10-7-14)16-19-20-17(24-12-3-2-8-18)22(16)13-15-5-4-11-23-15/h14-15H,2-7,9-13H2,1H3/t15-/m1/s1. The number of hydrogen-bond donors (Lipinski definition) is 0. The lowest BCUT2D eigenvalue weighted by atomic mass is 10.00. The molecule has 0 radical (unpaired) electrons. The van der Waals surface area contributed by atoms with Crippen LogP contribution in [0.1, 0.15) is 45.4 Å². The molecule has 1 atom stereocenters. The van der Waals surface area contributed by atoms with Crippen LogP contribution < -0.4 is 4.90 Å². The number of anilines is 1. The van der Waals surface area contributed by atoms with Crippen molar-refractivity contribution in [3.05, 3.63) is 0 Å². The topological polar surface area (TPSA) is 67.0 Å². The Hall–Kier alpha value is -1.26. The van der Waals surface area contributed by atoms with E-state index in [-0.39, 0.29) is 6.10 Å². The van der Waals surface area contributed by atoms with Gasteiger partial charge >= 0.3 is 0 Å². The fourth-order valence-electron chi connectivity index (χ4n) is 3.30. The summed E-state index contributed by atoms with van der Waals surface area (Å²) in [7, 11) is 0. The lowest BCUT2D eigenvalue weighted by molar-refractivity contribution is 0.0951. The number of unbranched alkanes of at least 4 members (excludes halogenated alkanes) is 1. The number of aromatic nitrogens is 3. The molecule has 3 heterocycles. The van der Waals surface area contributed by atoms with E-state index in [1.54, 1.807) is 11.8 Å². The fourth-order valence-corrected chi connectivity index (χ4v) is 4.18. The van der Waals surface area contributed by atoms with Gasteiger partial charge in [0.25, 0.3) is 0 Å². The van der Waals surface area contributed by atoms with Crippen molar-refractivity contribution in [3.63, 3.8) is 0 Å². The maximum absolute atomic E-state index is 8.69. The van der Waals surface area contributed by atoms with Crippen molar-refractivity contribution in [1.29, 1.82) is 5.26 Å². The van der Waals surface area contributed by atoms with Crippen molar-refractivity contribution in [2.45, 2.75) is 63.3 Å². The third-order valence-corrected chi connectivity index (χ3v) is 5.89. The summed E-state index contributed by atoms with van der Waals surface area (Å²) in [5.41, 5.74) is 0. The summed E-state index contributed by atoms with van der Waals surface area (Å²) < 4.78 is 8.09. The van der Waals surface area contributed by atoms with E-state index >= 15 is 0 Å². The van der Waals surface area contributed by atoms with Gasteiger partial charge in [-0.15, -0.1) is 10.2 Å². The van der Waals surface area contributed by atoms with Crippen molar-refractivity contribution < 1.29 is 4.74 Å². The van der Waals surface area contributed by atoms with Gasteiger partial charge in [-0.05, 0) is 38.0 Å². The third-order valence-electron chi connectivity index (χ3n) is 4.84. The monoisotopic (exact) mass is 349 g/mol. The van der Waals surface area contributed by atoms with Gasteiger partial charge in [-0.2, -0.15) is 5.26 Å². The average molecular weight is 350 g/mol. The summed E-state index contributed by atoms with van der Waals surface area (Å²) in [4.78, 5) is 2.38. The number of ether oxygens (including phenoxy) is 1. The lowest BCUT2D eigenvalue weighted by Gasteiger charge is -2.31. The van der Waals surface area contributed by atoms with E-state index in [9.17, 15) is 0 Å². The molecule has 24 heavy (non-hydrogen) atoms. The molecule has 2 aliphatic heterocycles. The number of nitrogens with zero attached hydrogens (tertiary/aromatic N) is 5. The second-order valence-corrected chi connectivity index (χ2v) is 7.87. The van der Waals surface area contributed by atoms with Gasteiger partial charge in [0.2, 0.25) is 5.95 Å². The maximum atomic E-state index is 8.69. The Balaban J connectivity index is 1.71. The van der Waals surface area contributed by atoms with Gasteiger partial charge in [-0.25, -0.2) is 0 Å². The van der Waals surface area contributed by atoms with Crippen LogP contribution in [0.4, 0.5) is 5.95 Å². The van der Waals surface area contributed by atoms with Crippen molar-refractivity contribution in [1.82, 2.24) is 14.8 Å². The molecule has 0 aliphatic carbocycles. The number of thioether (sulfide) groups is 1. The van der Waals surface area contributed by atoms with Gasteiger partial charge in [-0.1, -0.05) is 18.7 Å². The Bertz CT molecular complexity index is 556. The molecule has 0 aromatic carbocycles. The van der Waals surface area contributed by atoms with Gasteiger partial charge in [0, 0.05) is 31.9 Å². The molecule has 1 aromatic heterocycles. The summed E-state index contributed by atoms with van der Waals surface area (Å²) in [6.07, 6.45) is 6.48. The molecule has 3 rings (SSSR count). The van der Waals surface area contributed by atoms with Crippen molar-refractivity contribution >= 4 is 17.7 Å². The first kappa shape index (κ1) is 17.6. The minimum Gasteiger partial charge on any atom is -0.376 e. The molecule has 0 saturated carbocycles. The van der Waals surface area contributed by atoms with E-state index in [1.165, 1.54) is 12.8 Å². The molecule has 1 aromatic rings. The predicted octanol–water partition coefficient (Wildman–Crippen LogP) is 3.09. The zero-order valence-electron chi connectivity index (χ0n) is 14.5. The highest BCUT2D eigenvalue weighted by Gasteiger charge is 2.25. The van der Waals surface area contributed by atoms with Crippen molar-refractivity contribution in [2.24, 2.45) is 5.92 Å². The number of rotatable bonds is 7. The third kappa shape index (κ3) is 4.42. The summed E-state index contributed by atoms with van der Waals surface area (Å²) >= 11 is 1.71. The average Bonchev–Trinajstić information content (AvgIpc) is 3.24.